The maximum Gasteiger partial charge on any atom is 0.308 e. The lowest BCUT2D eigenvalue weighted by Gasteiger charge is -2.22. The number of carbonyl (C=O) groups excluding carboxylic acids is 1. The first-order valence-electron chi connectivity index (χ1n) is 7.54. The van der Waals surface area contributed by atoms with Crippen molar-refractivity contribution < 1.29 is 23.1 Å². The van der Waals surface area contributed by atoms with E-state index >= 15 is 0 Å². The van der Waals surface area contributed by atoms with Crippen LogP contribution in [-0.4, -0.2) is 61.3 Å². The van der Waals surface area contributed by atoms with Crippen molar-refractivity contribution in [1.82, 2.24) is 9.21 Å². The van der Waals surface area contributed by atoms with Crippen LogP contribution in [0.25, 0.3) is 0 Å². The van der Waals surface area contributed by atoms with Crippen LogP contribution in [0.2, 0.25) is 0 Å². The molecule has 0 aliphatic carbocycles. The fourth-order valence-electron chi connectivity index (χ4n) is 2.03. The molecule has 1 N–H and O–H groups in total. The molecule has 24 heavy (non-hydrogen) atoms. The second-order valence-electron chi connectivity index (χ2n) is 6.07. The van der Waals surface area contributed by atoms with Gasteiger partial charge in [-0.1, -0.05) is 13.0 Å². The fourth-order valence-corrected chi connectivity index (χ4v) is 3.44. The van der Waals surface area contributed by atoms with E-state index in [4.69, 9.17) is 5.11 Å². The van der Waals surface area contributed by atoms with Gasteiger partial charge in [0, 0.05) is 32.2 Å². The molecule has 1 aromatic rings. The second kappa shape index (κ2) is 7.76. The molecule has 0 spiro atoms. The molecule has 0 fully saturated rings. The summed E-state index contributed by atoms with van der Waals surface area (Å²) in [4.78, 5) is 24.6. The van der Waals surface area contributed by atoms with E-state index < -0.39 is 27.8 Å². The molecule has 1 rings (SSSR count). The summed E-state index contributed by atoms with van der Waals surface area (Å²) in [5.41, 5.74) is 0.202. The van der Waals surface area contributed by atoms with Crippen LogP contribution in [0.3, 0.4) is 0 Å². The van der Waals surface area contributed by atoms with Crippen molar-refractivity contribution in [2.24, 2.45) is 5.92 Å². The van der Waals surface area contributed by atoms with Crippen LogP contribution < -0.4 is 0 Å². The monoisotopic (exact) mass is 356 g/mol. The number of amides is 1. The van der Waals surface area contributed by atoms with Crippen molar-refractivity contribution in [3.8, 4) is 0 Å². The molecule has 0 saturated heterocycles. The second-order valence-corrected chi connectivity index (χ2v) is 8.07. The van der Waals surface area contributed by atoms with Gasteiger partial charge in [-0.3, -0.25) is 9.59 Å². The largest absolute Gasteiger partial charge is 0.481 e. The summed E-state index contributed by atoms with van der Waals surface area (Å²) in [7, 11) is -0.717. The first-order valence-corrected chi connectivity index (χ1v) is 8.98. The minimum Gasteiger partial charge on any atom is -0.481 e. The fraction of sp³-hybridized carbons (Fsp3) is 0.500. The number of rotatable bonds is 7. The molecule has 1 aromatic carbocycles. The van der Waals surface area contributed by atoms with E-state index in [1.54, 1.807) is 13.8 Å². The molecule has 0 aliphatic rings. The van der Waals surface area contributed by atoms with Crippen molar-refractivity contribution in [1.29, 1.82) is 0 Å². The van der Waals surface area contributed by atoms with Crippen LogP contribution in [0.15, 0.2) is 29.2 Å². The van der Waals surface area contributed by atoms with Gasteiger partial charge in [0.2, 0.25) is 10.0 Å². The maximum atomic E-state index is 12.5. The van der Waals surface area contributed by atoms with Crippen molar-refractivity contribution in [3.63, 3.8) is 0 Å². The predicted octanol–water partition coefficient (Wildman–Crippen LogP) is 1.51. The third-order valence-corrected chi connectivity index (χ3v) is 5.83. The summed E-state index contributed by atoms with van der Waals surface area (Å²) in [5, 5.41) is 8.92. The van der Waals surface area contributed by atoms with E-state index in [0.29, 0.717) is 0 Å². The lowest BCUT2D eigenvalue weighted by Crippen LogP contribution is -2.34. The Hall–Kier alpha value is -1.93. The summed E-state index contributed by atoms with van der Waals surface area (Å²) < 4.78 is 26.2. The highest BCUT2D eigenvalue weighted by molar-refractivity contribution is 7.89. The molecule has 0 radical (unpaired) electrons. The smallest absolute Gasteiger partial charge is 0.308 e. The molecule has 0 heterocycles. The highest BCUT2D eigenvalue weighted by Gasteiger charge is 2.25. The molecule has 1 amide bonds. The Balaban J connectivity index is 3.08. The number of nitrogens with zero attached hydrogens (tertiary/aromatic N) is 2. The van der Waals surface area contributed by atoms with Crippen molar-refractivity contribution in [2.75, 3.05) is 20.6 Å². The van der Waals surface area contributed by atoms with Crippen LogP contribution in [0.5, 0.6) is 0 Å². The minimum atomic E-state index is -3.69. The summed E-state index contributed by atoms with van der Waals surface area (Å²) in [5.74, 6) is -2.13. The number of aliphatic carboxylic acids is 1. The highest BCUT2D eigenvalue weighted by Crippen LogP contribution is 2.18. The molecule has 0 aromatic heterocycles. The number of hydrogen-bond donors (Lipinski definition) is 1. The Morgan fingerprint density at radius 3 is 2.25 bits per heavy atom. The van der Waals surface area contributed by atoms with Gasteiger partial charge in [0.25, 0.3) is 5.91 Å². The number of carboxylic acid groups (broad SMARTS) is 1. The van der Waals surface area contributed by atoms with Gasteiger partial charge in [-0.15, -0.1) is 0 Å². The number of sulfonamides is 1. The van der Waals surface area contributed by atoms with Gasteiger partial charge in [-0.05, 0) is 32.0 Å². The van der Waals surface area contributed by atoms with Gasteiger partial charge in [0.05, 0.1) is 10.8 Å². The summed E-state index contributed by atoms with van der Waals surface area (Å²) in [6, 6.07) is 5.55. The Bertz CT molecular complexity index is 715. The lowest BCUT2D eigenvalue weighted by atomic mass is 10.1. The number of carboxylic acids is 1. The SMILES string of the molecule is CC(CN(C)C(=O)c1cccc(S(=O)(=O)N(C)C(C)C)c1)C(=O)O. The van der Waals surface area contributed by atoms with Gasteiger partial charge in [0.1, 0.15) is 0 Å². The van der Waals surface area contributed by atoms with Crippen LogP contribution in [0, 0.1) is 5.92 Å². The summed E-state index contributed by atoms with van der Waals surface area (Å²) in [6.07, 6.45) is 0. The first kappa shape index (κ1) is 20.1. The van der Waals surface area contributed by atoms with E-state index in [-0.39, 0.29) is 23.0 Å². The van der Waals surface area contributed by atoms with Crippen molar-refractivity contribution in [2.45, 2.75) is 31.7 Å². The molecule has 1 unspecified atom stereocenters. The van der Waals surface area contributed by atoms with Gasteiger partial charge in [-0.25, -0.2) is 8.42 Å². The molecular formula is C16H24N2O5S. The number of hydrogen-bond acceptors (Lipinski definition) is 4. The van der Waals surface area contributed by atoms with Crippen LogP contribution in [-0.2, 0) is 14.8 Å². The predicted molar refractivity (Wildman–Crippen MR) is 90.3 cm³/mol. The Kier molecular flexibility index (Phi) is 6.50. The zero-order valence-corrected chi connectivity index (χ0v) is 15.4. The zero-order valence-electron chi connectivity index (χ0n) is 14.6. The topological polar surface area (TPSA) is 95.0 Å². The third-order valence-electron chi connectivity index (χ3n) is 3.80. The van der Waals surface area contributed by atoms with Crippen molar-refractivity contribution in [3.05, 3.63) is 29.8 Å². The Morgan fingerprint density at radius 2 is 1.75 bits per heavy atom. The van der Waals surface area contributed by atoms with E-state index in [0.717, 1.165) is 0 Å². The molecule has 1 atom stereocenters. The number of benzene rings is 1. The maximum absolute atomic E-state index is 12.5. The molecule has 8 heteroatoms. The van der Waals surface area contributed by atoms with Crippen LogP contribution in [0.4, 0.5) is 0 Å². The van der Waals surface area contributed by atoms with E-state index in [1.165, 1.54) is 54.5 Å². The van der Waals surface area contributed by atoms with Crippen LogP contribution >= 0.6 is 0 Å². The summed E-state index contributed by atoms with van der Waals surface area (Å²) in [6.45, 7) is 5.06. The van der Waals surface area contributed by atoms with Gasteiger partial charge in [-0.2, -0.15) is 4.31 Å². The minimum absolute atomic E-state index is 0.0317. The van der Waals surface area contributed by atoms with Gasteiger partial charge in [0.15, 0.2) is 0 Å². The van der Waals surface area contributed by atoms with E-state index in [1.807, 2.05) is 0 Å². The van der Waals surface area contributed by atoms with Gasteiger partial charge >= 0.3 is 5.97 Å². The Labute approximate surface area is 142 Å². The Morgan fingerprint density at radius 1 is 1.17 bits per heavy atom. The lowest BCUT2D eigenvalue weighted by molar-refractivity contribution is -0.141. The molecule has 0 bridgehead atoms. The van der Waals surface area contributed by atoms with Gasteiger partial charge < -0.3 is 10.0 Å². The van der Waals surface area contributed by atoms with Crippen molar-refractivity contribution >= 4 is 21.9 Å². The molecular weight excluding hydrogens is 332 g/mol. The third kappa shape index (κ3) is 4.55. The molecule has 134 valence electrons. The number of carbonyl (C=O) groups is 2. The normalized spacial score (nSPS) is 13.1. The summed E-state index contributed by atoms with van der Waals surface area (Å²) >= 11 is 0. The molecule has 0 saturated carbocycles. The highest BCUT2D eigenvalue weighted by atomic mass is 32.2. The van der Waals surface area contributed by atoms with Crippen LogP contribution in [0.1, 0.15) is 31.1 Å². The zero-order chi connectivity index (χ0) is 18.7. The average Bonchev–Trinajstić information content (AvgIpc) is 2.52. The van der Waals surface area contributed by atoms with E-state index in [9.17, 15) is 18.0 Å². The standard InChI is InChI=1S/C16H24N2O5S/c1-11(2)18(5)24(22,23)14-8-6-7-13(9-14)15(19)17(4)10-12(3)16(20)21/h6-9,11-12H,10H2,1-5H3,(H,20,21). The molecule has 0 aliphatic heterocycles. The van der Waals surface area contributed by atoms with E-state index in [2.05, 4.69) is 0 Å². The molecule has 7 nitrogen and oxygen atoms in total. The quantitative estimate of drug-likeness (QED) is 0.799. The average molecular weight is 356 g/mol. The first-order chi connectivity index (χ1) is 11.0.